The van der Waals surface area contributed by atoms with Crippen LogP contribution < -0.4 is 0 Å². The highest BCUT2D eigenvalue weighted by Crippen LogP contribution is 2.21. The highest BCUT2D eigenvalue weighted by atomic mass is 127. The molecule has 0 aliphatic rings. The van der Waals surface area contributed by atoms with Crippen LogP contribution in [0.1, 0.15) is 19.4 Å². The molecule has 20 heavy (non-hydrogen) atoms. The molecule has 0 saturated heterocycles. The van der Waals surface area contributed by atoms with Gasteiger partial charge in [-0.3, -0.25) is 0 Å². The maximum Gasteiger partial charge on any atom is 0.335 e. The van der Waals surface area contributed by atoms with Crippen LogP contribution in [0, 0.1) is 0 Å². The monoisotopic (exact) mass is 428 g/mol. The van der Waals surface area contributed by atoms with Crippen molar-refractivity contribution in [2.75, 3.05) is 13.2 Å². The largest absolute Gasteiger partial charge is 0.395 e. The van der Waals surface area contributed by atoms with Crippen LogP contribution in [0.5, 0.6) is 0 Å². The quantitative estimate of drug-likeness (QED) is 0.361. The van der Waals surface area contributed by atoms with E-state index in [0.29, 0.717) is 18.1 Å². The van der Waals surface area contributed by atoms with E-state index in [4.69, 9.17) is 8.85 Å². The average Bonchev–Trinajstić information content (AvgIpc) is 2.37. The normalized spacial score (nSPS) is 12.6. The van der Waals surface area contributed by atoms with Gasteiger partial charge in [-0.05, 0) is 50.6 Å². The molecule has 0 aliphatic heterocycles. The number of rotatable bonds is 8. The zero-order valence-electron chi connectivity index (χ0n) is 12.1. The van der Waals surface area contributed by atoms with E-state index < -0.39 is 15.6 Å². The van der Waals surface area contributed by atoms with Crippen molar-refractivity contribution in [2.24, 2.45) is 0 Å². The van der Waals surface area contributed by atoms with Gasteiger partial charge in [0.25, 0.3) is 0 Å². The maximum absolute atomic E-state index is 11.4. The standard InChI is InChI=1S/C13H21IO4SSi/c1-4-17-20(3,18-5-2)11-10-12-6-8-13(9-7-12)19(14,15)16/h6-9H,4-5,10-11H2,1-3H3. The van der Waals surface area contributed by atoms with Gasteiger partial charge in [0.05, 0.1) is 26.1 Å². The van der Waals surface area contributed by atoms with Crippen molar-refractivity contribution < 1.29 is 17.3 Å². The first-order valence-electron chi connectivity index (χ1n) is 6.62. The van der Waals surface area contributed by atoms with Crippen molar-refractivity contribution in [1.82, 2.24) is 0 Å². The summed E-state index contributed by atoms with van der Waals surface area (Å²) in [7, 11) is -5.25. The number of benzene rings is 1. The van der Waals surface area contributed by atoms with E-state index in [-0.39, 0.29) is 0 Å². The lowest BCUT2D eigenvalue weighted by atomic mass is 10.2. The molecular formula is C13H21IO4SSi. The summed E-state index contributed by atoms with van der Waals surface area (Å²) in [6.07, 6.45) is 0.838. The van der Waals surface area contributed by atoms with E-state index in [1.54, 1.807) is 12.1 Å². The predicted octanol–water partition coefficient (Wildman–Crippen LogP) is 3.50. The summed E-state index contributed by atoms with van der Waals surface area (Å²) in [6, 6.07) is 7.89. The Balaban J connectivity index is 2.69. The van der Waals surface area contributed by atoms with Crippen LogP contribution in [0.15, 0.2) is 29.2 Å². The second-order valence-electron chi connectivity index (χ2n) is 4.58. The molecule has 0 saturated carbocycles. The smallest absolute Gasteiger partial charge is 0.335 e. The zero-order chi connectivity index (χ0) is 15.2. The SMILES string of the molecule is CCO[Si](C)(CCc1ccc(S(=O)(=O)I)cc1)OCC. The molecule has 4 nitrogen and oxygen atoms in total. The van der Waals surface area contributed by atoms with Gasteiger partial charge in [0, 0.05) is 13.2 Å². The number of halogens is 1. The number of hydrogen-bond acceptors (Lipinski definition) is 4. The summed E-state index contributed by atoms with van der Waals surface area (Å²) >= 11 is 1.45. The molecule has 0 N–H and O–H groups in total. The van der Waals surface area contributed by atoms with Crippen LogP contribution in [0.4, 0.5) is 0 Å². The van der Waals surface area contributed by atoms with Crippen molar-refractivity contribution in [1.29, 1.82) is 0 Å². The Morgan fingerprint density at radius 2 is 1.60 bits per heavy atom. The van der Waals surface area contributed by atoms with Gasteiger partial charge in [0.15, 0.2) is 0 Å². The molecule has 0 fully saturated rings. The molecule has 0 aromatic heterocycles. The van der Waals surface area contributed by atoms with Crippen LogP contribution in [-0.4, -0.2) is 30.2 Å². The van der Waals surface area contributed by atoms with Crippen LogP contribution in [0.25, 0.3) is 0 Å². The summed E-state index contributed by atoms with van der Waals surface area (Å²) in [5, 5.41) is 0. The lowest BCUT2D eigenvalue weighted by Crippen LogP contribution is -2.39. The van der Waals surface area contributed by atoms with Crippen molar-refractivity contribution in [3.8, 4) is 0 Å². The average molecular weight is 428 g/mol. The van der Waals surface area contributed by atoms with Crippen LogP contribution >= 0.6 is 21.2 Å². The van der Waals surface area contributed by atoms with Gasteiger partial charge < -0.3 is 8.85 Å². The highest BCUT2D eigenvalue weighted by molar-refractivity contribution is 14.2. The molecule has 0 bridgehead atoms. The predicted molar refractivity (Wildman–Crippen MR) is 91.0 cm³/mol. The lowest BCUT2D eigenvalue weighted by Gasteiger charge is -2.25. The number of aryl methyl sites for hydroxylation is 1. The van der Waals surface area contributed by atoms with Gasteiger partial charge in [-0.25, -0.2) is 8.42 Å². The van der Waals surface area contributed by atoms with E-state index in [0.717, 1.165) is 18.0 Å². The van der Waals surface area contributed by atoms with E-state index in [1.165, 1.54) is 21.2 Å². The zero-order valence-corrected chi connectivity index (χ0v) is 16.0. The lowest BCUT2D eigenvalue weighted by molar-refractivity contribution is 0.189. The molecule has 7 heteroatoms. The second-order valence-corrected chi connectivity index (χ2v) is 12.8. The van der Waals surface area contributed by atoms with Crippen LogP contribution in [0.3, 0.4) is 0 Å². The van der Waals surface area contributed by atoms with Crippen molar-refractivity contribution >= 4 is 36.8 Å². The van der Waals surface area contributed by atoms with E-state index in [9.17, 15) is 8.42 Å². The Labute approximate surface area is 134 Å². The molecule has 0 radical (unpaired) electrons. The molecule has 0 atom stereocenters. The summed E-state index contributed by atoms with van der Waals surface area (Å²) < 4.78 is 34.3. The molecule has 0 unspecified atom stereocenters. The Bertz CT molecular complexity index is 510. The second kappa shape index (κ2) is 7.88. The van der Waals surface area contributed by atoms with Crippen molar-refractivity contribution in [2.45, 2.75) is 37.8 Å². The maximum atomic E-state index is 11.4. The van der Waals surface area contributed by atoms with Gasteiger partial charge in [-0.15, -0.1) is 0 Å². The first kappa shape index (κ1) is 18.1. The molecule has 1 rings (SSSR count). The first-order valence-corrected chi connectivity index (χ1v) is 13.2. The minimum absolute atomic E-state index is 0.344. The first-order chi connectivity index (χ1) is 9.30. The van der Waals surface area contributed by atoms with Crippen molar-refractivity contribution in [3.05, 3.63) is 29.8 Å². The third kappa shape index (κ3) is 5.80. The van der Waals surface area contributed by atoms with Crippen LogP contribution in [0.2, 0.25) is 12.6 Å². The highest BCUT2D eigenvalue weighted by Gasteiger charge is 2.30. The minimum atomic E-state index is -3.15. The molecule has 0 spiro atoms. The Morgan fingerprint density at radius 1 is 1.10 bits per heavy atom. The van der Waals surface area contributed by atoms with E-state index in [1.807, 2.05) is 26.0 Å². The van der Waals surface area contributed by atoms with Gasteiger partial charge in [-0.2, -0.15) is 0 Å². The molecule has 0 aliphatic carbocycles. The third-order valence-electron chi connectivity index (χ3n) is 2.97. The van der Waals surface area contributed by atoms with E-state index in [2.05, 4.69) is 6.55 Å². The fraction of sp³-hybridized carbons (Fsp3) is 0.538. The molecule has 114 valence electrons. The van der Waals surface area contributed by atoms with Gasteiger partial charge in [0.2, 0.25) is 7.01 Å². The third-order valence-corrected chi connectivity index (χ3v) is 8.29. The Kier molecular flexibility index (Phi) is 7.13. The van der Waals surface area contributed by atoms with Gasteiger partial charge in [0.1, 0.15) is 0 Å². The fourth-order valence-corrected chi connectivity index (χ4v) is 5.66. The topological polar surface area (TPSA) is 52.6 Å². The fourth-order valence-electron chi connectivity index (χ4n) is 1.99. The van der Waals surface area contributed by atoms with Gasteiger partial charge in [-0.1, -0.05) is 12.1 Å². The van der Waals surface area contributed by atoms with Crippen molar-refractivity contribution in [3.63, 3.8) is 0 Å². The summed E-state index contributed by atoms with van der Waals surface area (Å²) in [5.41, 5.74) is 1.10. The van der Waals surface area contributed by atoms with Gasteiger partial charge >= 0.3 is 8.56 Å². The van der Waals surface area contributed by atoms with E-state index >= 15 is 0 Å². The molecule has 1 aromatic carbocycles. The molecule has 0 amide bonds. The Morgan fingerprint density at radius 3 is 2.00 bits per heavy atom. The Hall–Kier alpha value is 0.0369. The summed E-state index contributed by atoms with van der Waals surface area (Å²) in [5.74, 6) is 0. The molecular weight excluding hydrogens is 407 g/mol. The summed E-state index contributed by atoms with van der Waals surface area (Å²) in [6.45, 7) is 7.35. The molecule has 0 heterocycles. The minimum Gasteiger partial charge on any atom is -0.395 e. The summed E-state index contributed by atoms with van der Waals surface area (Å²) in [4.78, 5) is 0.344. The number of hydrogen-bond donors (Lipinski definition) is 0. The molecule has 1 aromatic rings. The van der Waals surface area contributed by atoms with Crippen LogP contribution in [-0.2, 0) is 22.3 Å².